The van der Waals surface area contributed by atoms with Crippen LogP contribution in [-0.4, -0.2) is 29.6 Å². The number of nitrogens with two attached hydrogens (primary N) is 1. The quantitative estimate of drug-likeness (QED) is 0.477. The minimum atomic E-state index is 0.0169. The number of thioether (sulfide) groups is 1. The summed E-state index contributed by atoms with van der Waals surface area (Å²) in [5.74, 6) is 0.327. The lowest BCUT2D eigenvalue weighted by atomic mass is 10.3. The molecule has 1 aromatic rings. The maximum atomic E-state index is 12.0. The molecule has 0 heterocycles. The van der Waals surface area contributed by atoms with E-state index in [1.807, 2.05) is 0 Å². The first kappa shape index (κ1) is 15.7. The first-order chi connectivity index (χ1) is 9.08. The Bertz CT molecular complexity index is 467. The molecule has 1 aromatic carbocycles. The summed E-state index contributed by atoms with van der Waals surface area (Å²) in [4.78, 5) is 14.5. The van der Waals surface area contributed by atoms with Crippen molar-refractivity contribution in [3.63, 3.8) is 0 Å². The molecule has 19 heavy (non-hydrogen) atoms. The summed E-state index contributed by atoms with van der Waals surface area (Å²) in [6, 6.07) is 5.23. The lowest BCUT2D eigenvalue weighted by Gasteiger charge is -2.19. The van der Waals surface area contributed by atoms with Gasteiger partial charge in [-0.2, -0.15) is 0 Å². The van der Waals surface area contributed by atoms with Crippen LogP contribution in [0.4, 0.5) is 5.69 Å². The zero-order chi connectivity index (χ0) is 14.3. The third-order valence-corrected chi connectivity index (χ3v) is 3.84. The van der Waals surface area contributed by atoms with Crippen molar-refractivity contribution in [3.8, 4) is 0 Å². The van der Waals surface area contributed by atoms with Gasteiger partial charge in [-0.25, -0.2) is 0 Å². The highest BCUT2D eigenvalue weighted by molar-refractivity contribution is 8.00. The fraction of sp³-hybridized carbons (Fsp3) is 0.214. The molecule has 0 saturated heterocycles. The van der Waals surface area contributed by atoms with Crippen molar-refractivity contribution in [2.45, 2.75) is 4.90 Å². The number of anilines is 1. The normalized spacial score (nSPS) is 9.95. The average Bonchev–Trinajstić information content (AvgIpc) is 2.39. The highest BCUT2D eigenvalue weighted by Gasteiger charge is 2.12. The van der Waals surface area contributed by atoms with Crippen LogP contribution in [0.15, 0.2) is 48.4 Å². The van der Waals surface area contributed by atoms with Crippen molar-refractivity contribution in [1.29, 1.82) is 0 Å². The van der Waals surface area contributed by atoms with E-state index in [-0.39, 0.29) is 5.91 Å². The van der Waals surface area contributed by atoms with E-state index in [0.29, 0.717) is 29.6 Å². The number of hydrogen-bond acceptors (Lipinski definition) is 3. The summed E-state index contributed by atoms with van der Waals surface area (Å²) in [7, 11) is 0. The topological polar surface area (TPSA) is 46.3 Å². The van der Waals surface area contributed by atoms with Gasteiger partial charge >= 0.3 is 0 Å². The molecular weight excluding hydrogens is 280 g/mol. The highest BCUT2D eigenvalue weighted by atomic mass is 35.5. The average molecular weight is 297 g/mol. The minimum absolute atomic E-state index is 0.0169. The van der Waals surface area contributed by atoms with Gasteiger partial charge in [0.15, 0.2) is 0 Å². The Morgan fingerprint density at radius 2 is 2.00 bits per heavy atom. The number of rotatable bonds is 7. The van der Waals surface area contributed by atoms with Crippen LogP contribution in [0.5, 0.6) is 0 Å². The smallest absolute Gasteiger partial charge is 0.233 e. The SMILES string of the molecule is C=CCN(CC=C)C(=O)CSc1cc(N)ccc1Cl. The molecule has 0 spiro atoms. The van der Waals surface area contributed by atoms with Crippen molar-refractivity contribution < 1.29 is 4.79 Å². The first-order valence-corrected chi connectivity index (χ1v) is 7.12. The monoisotopic (exact) mass is 296 g/mol. The predicted octanol–water partition coefficient (Wildman–Crippen LogP) is 3.21. The summed E-state index contributed by atoms with van der Waals surface area (Å²) in [6.45, 7) is 8.29. The van der Waals surface area contributed by atoms with Gasteiger partial charge in [0.2, 0.25) is 5.91 Å². The van der Waals surface area contributed by atoms with Crippen LogP contribution in [-0.2, 0) is 4.79 Å². The molecule has 0 aliphatic heterocycles. The third kappa shape index (κ3) is 5.01. The molecule has 0 unspecified atom stereocenters. The molecular formula is C14H17ClN2OS. The molecule has 3 nitrogen and oxygen atoms in total. The molecule has 1 rings (SSSR count). The molecule has 0 radical (unpaired) electrons. The molecule has 5 heteroatoms. The summed E-state index contributed by atoms with van der Waals surface area (Å²) in [5.41, 5.74) is 6.33. The Hall–Kier alpha value is -1.39. The van der Waals surface area contributed by atoms with Gasteiger partial charge in [-0.3, -0.25) is 4.79 Å². The van der Waals surface area contributed by atoms with Crippen molar-refractivity contribution in [2.24, 2.45) is 0 Å². The second kappa shape index (κ2) is 7.92. The number of nitrogens with zero attached hydrogens (tertiary/aromatic N) is 1. The van der Waals surface area contributed by atoms with Crippen molar-refractivity contribution in [3.05, 3.63) is 48.5 Å². The second-order valence-corrected chi connectivity index (χ2v) is 5.28. The van der Waals surface area contributed by atoms with Crippen LogP contribution in [0.1, 0.15) is 0 Å². The minimum Gasteiger partial charge on any atom is -0.399 e. The largest absolute Gasteiger partial charge is 0.399 e. The number of amides is 1. The van der Waals surface area contributed by atoms with E-state index in [4.69, 9.17) is 17.3 Å². The predicted molar refractivity (Wildman–Crippen MR) is 83.6 cm³/mol. The summed E-state index contributed by atoms with van der Waals surface area (Å²) >= 11 is 7.43. The number of benzene rings is 1. The lowest BCUT2D eigenvalue weighted by molar-refractivity contribution is -0.127. The van der Waals surface area contributed by atoms with E-state index in [0.717, 1.165) is 4.90 Å². The van der Waals surface area contributed by atoms with Crippen LogP contribution < -0.4 is 5.73 Å². The molecule has 0 aliphatic rings. The summed E-state index contributed by atoms with van der Waals surface area (Å²) < 4.78 is 0. The fourth-order valence-corrected chi connectivity index (χ4v) is 2.62. The molecule has 0 fully saturated rings. The third-order valence-electron chi connectivity index (χ3n) is 2.36. The summed E-state index contributed by atoms with van der Waals surface area (Å²) in [6.07, 6.45) is 3.39. The molecule has 0 atom stereocenters. The van der Waals surface area contributed by atoms with Crippen LogP contribution in [0.3, 0.4) is 0 Å². The van der Waals surface area contributed by atoms with Gasteiger partial charge in [-0.05, 0) is 18.2 Å². The summed E-state index contributed by atoms with van der Waals surface area (Å²) in [5, 5.41) is 0.603. The number of hydrogen-bond donors (Lipinski definition) is 1. The van der Waals surface area contributed by atoms with Crippen LogP contribution in [0.25, 0.3) is 0 Å². The van der Waals surface area contributed by atoms with Crippen molar-refractivity contribution in [1.82, 2.24) is 4.90 Å². The number of halogens is 1. The Morgan fingerprint density at radius 1 is 1.37 bits per heavy atom. The second-order valence-electron chi connectivity index (χ2n) is 3.85. The Balaban J connectivity index is 2.63. The number of carbonyl (C=O) groups excluding carboxylic acids is 1. The van der Waals surface area contributed by atoms with Crippen LogP contribution in [0.2, 0.25) is 5.02 Å². The lowest BCUT2D eigenvalue weighted by Crippen LogP contribution is -2.32. The molecule has 0 bridgehead atoms. The van der Waals surface area contributed by atoms with E-state index in [2.05, 4.69) is 13.2 Å². The van der Waals surface area contributed by atoms with Gasteiger partial charge in [0.1, 0.15) is 0 Å². The van der Waals surface area contributed by atoms with E-state index in [1.165, 1.54) is 11.8 Å². The van der Waals surface area contributed by atoms with E-state index < -0.39 is 0 Å². The molecule has 1 amide bonds. The van der Waals surface area contributed by atoms with Gasteiger partial charge in [0, 0.05) is 23.7 Å². The van der Waals surface area contributed by atoms with Gasteiger partial charge in [0.25, 0.3) is 0 Å². The van der Waals surface area contributed by atoms with Gasteiger partial charge in [0.05, 0.1) is 10.8 Å². The number of carbonyl (C=O) groups is 1. The van der Waals surface area contributed by atoms with Crippen LogP contribution in [0, 0.1) is 0 Å². The van der Waals surface area contributed by atoms with Crippen LogP contribution >= 0.6 is 23.4 Å². The Labute approximate surface area is 123 Å². The Morgan fingerprint density at radius 3 is 2.58 bits per heavy atom. The van der Waals surface area contributed by atoms with Crippen molar-refractivity contribution >= 4 is 35.0 Å². The highest BCUT2D eigenvalue weighted by Crippen LogP contribution is 2.29. The van der Waals surface area contributed by atoms with E-state index in [1.54, 1.807) is 35.3 Å². The zero-order valence-electron chi connectivity index (χ0n) is 10.6. The van der Waals surface area contributed by atoms with E-state index >= 15 is 0 Å². The molecule has 102 valence electrons. The Kier molecular flexibility index (Phi) is 6.53. The molecule has 0 aliphatic carbocycles. The maximum absolute atomic E-state index is 12.0. The maximum Gasteiger partial charge on any atom is 0.233 e. The van der Waals surface area contributed by atoms with Gasteiger partial charge in [-0.1, -0.05) is 23.8 Å². The molecule has 0 saturated carbocycles. The first-order valence-electron chi connectivity index (χ1n) is 5.76. The standard InChI is InChI=1S/C14H17ClN2OS/c1-3-7-17(8-4-2)14(18)10-19-13-9-11(16)5-6-12(13)15/h3-6,9H,1-2,7-8,10,16H2. The molecule has 2 N–H and O–H groups in total. The van der Waals surface area contributed by atoms with Crippen molar-refractivity contribution in [2.75, 3.05) is 24.6 Å². The fourth-order valence-electron chi connectivity index (χ4n) is 1.45. The van der Waals surface area contributed by atoms with Gasteiger partial charge in [-0.15, -0.1) is 24.9 Å². The van der Waals surface area contributed by atoms with E-state index in [9.17, 15) is 4.79 Å². The van der Waals surface area contributed by atoms with Gasteiger partial charge < -0.3 is 10.6 Å². The number of nitrogen functional groups attached to an aromatic ring is 1. The molecule has 0 aromatic heterocycles. The zero-order valence-corrected chi connectivity index (χ0v) is 12.2.